The van der Waals surface area contributed by atoms with Gasteiger partial charge in [0.25, 0.3) is 0 Å². The molecule has 20 heavy (non-hydrogen) atoms. The fourth-order valence-corrected chi connectivity index (χ4v) is 2.09. The lowest BCUT2D eigenvalue weighted by Crippen LogP contribution is -2.14. The van der Waals surface area contributed by atoms with E-state index in [0.717, 1.165) is 37.4 Å². The Hall–Kier alpha value is -1.81. The maximum Gasteiger partial charge on any atom is 0.119 e. The van der Waals surface area contributed by atoms with E-state index in [1.54, 1.807) is 0 Å². The van der Waals surface area contributed by atoms with Gasteiger partial charge < -0.3 is 10.1 Å². The zero-order valence-electron chi connectivity index (χ0n) is 12.3. The van der Waals surface area contributed by atoms with Crippen molar-refractivity contribution in [3.63, 3.8) is 0 Å². The molecule has 0 bridgehead atoms. The highest BCUT2D eigenvalue weighted by atomic mass is 16.5. The Morgan fingerprint density at radius 3 is 2.70 bits per heavy atom. The molecule has 1 aromatic heterocycles. The second kappa shape index (κ2) is 7.70. The summed E-state index contributed by atoms with van der Waals surface area (Å²) in [5.74, 6) is 0.897. The molecule has 1 aromatic carbocycles. The zero-order chi connectivity index (χ0) is 14.2. The van der Waals surface area contributed by atoms with Gasteiger partial charge in [-0.25, -0.2) is 4.68 Å². The lowest BCUT2D eigenvalue weighted by atomic mass is 10.2. The van der Waals surface area contributed by atoms with Crippen molar-refractivity contribution in [1.82, 2.24) is 15.1 Å². The third kappa shape index (κ3) is 4.10. The molecule has 0 atom stereocenters. The van der Waals surface area contributed by atoms with E-state index < -0.39 is 0 Å². The van der Waals surface area contributed by atoms with Crippen molar-refractivity contribution in [1.29, 1.82) is 0 Å². The predicted molar refractivity (Wildman–Crippen MR) is 81.6 cm³/mol. The maximum atomic E-state index is 5.44. The van der Waals surface area contributed by atoms with Crippen LogP contribution in [-0.2, 0) is 6.42 Å². The highest BCUT2D eigenvalue weighted by Crippen LogP contribution is 2.15. The van der Waals surface area contributed by atoms with Crippen molar-refractivity contribution in [3.05, 3.63) is 42.2 Å². The third-order valence-corrected chi connectivity index (χ3v) is 3.12. The Balaban J connectivity index is 1.93. The Kier molecular flexibility index (Phi) is 5.62. The van der Waals surface area contributed by atoms with Gasteiger partial charge in [-0.15, -0.1) is 0 Å². The van der Waals surface area contributed by atoms with Crippen LogP contribution >= 0.6 is 0 Å². The average Bonchev–Trinajstić information content (AvgIpc) is 2.94. The van der Waals surface area contributed by atoms with E-state index in [2.05, 4.69) is 23.5 Å². The van der Waals surface area contributed by atoms with Gasteiger partial charge in [-0.1, -0.05) is 6.92 Å². The molecule has 0 fully saturated rings. The molecule has 0 amide bonds. The normalized spacial score (nSPS) is 10.7. The molecular formula is C16H23N3O. The summed E-state index contributed by atoms with van der Waals surface area (Å²) in [6.07, 6.45) is 6.25. The van der Waals surface area contributed by atoms with Crippen LogP contribution in [0.3, 0.4) is 0 Å². The van der Waals surface area contributed by atoms with Crippen LogP contribution in [0.1, 0.15) is 25.8 Å². The monoisotopic (exact) mass is 273 g/mol. The highest BCUT2D eigenvalue weighted by Gasteiger charge is 2.01. The molecule has 4 nitrogen and oxygen atoms in total. The number of hydrogen-bond acceptors (Lipinski definition) is 3. The number of nitrogens with one attached hydrogen (secondary N) is 1. The zero-order valence-corrected chi connectivity index (χ0v) is 12.3. The van der Waals surface area contributed by atoms with Gasteiger partial charge in [0.1, 0.15) is 5.75 Å². The van der Waals surface area contributed by atoms with Crippen molar-refractivity contribution in [3.8, 4) is 11.4 Å². The first-order chi connectivity index (χ1) is 9.83. The van der Waals surface area contributed by atoms with E-state index in [1.165, 1.54) is 5.56 Å². The van der Waals surface area contributed by atoms with Crippen LogP contribution in [0.5, 0.6) is 5.75 Å². The smallest absolute Gasteiger partial charge is 0.119 e. The Morgan fingerprint density at radius 1 is 1.20 bits per heavy atom. The molecule has 1 heterocycles. The predicted octanol–water partition coefficient (Wildman–Crippen LogP) is 2.81. The van der Waals surface area contributed by atoms with E-state index in [0.29, 0.717) is 6.61 Å². The van der Waals surface area contributed by atoms with Gasteiger partial charge in [-0.05, 0) is 62.7 Å². The standard InChI is InChI=1S/C16H23N3O/c1-3-17-11-5-6-14-12-18-19(13-14)15-7-9-16(10-8-15)20-4-2/h7-10,12-13,17H,3-6,11H2,1-2H3. The highest BCUT2D eigenvalue weighted by molar-refractivity contribution is 5.37. The van der Waals surface area contributed by atoms with E-state index in [4.69, 9.17) is 4.74 Å². The second-order valence-corrected chi connectivity index (χ2v) is 4.68. The minimum Gasteiger partial charge on any atom is -0.494 e. The number of aromatic nitrogens is 2. The van der Waals surface area contributed by atoms with Gasteiger partial charge in [0.05, 0.1) is 18.5 Å². The summed E-state index contributed by atoms with van der Waals surface area (Å²) in [6.45, 7) is 6.90. The quantitative estimate of drug-likeness (QED) is 0.752. The largest absolute Gasteiger partial charge is 0.494 e. The van der Waals surface area contributed by atoms with Crippen molar-refractivity contribution in [2.24, 2.45) is 0 Å². The second-order valence-electron chi connectivity index (χ2n) is 4.68. The molecule has 0 saturated carbocycles. The minimum atomic E-state index is 0.692. The molecule has 2 aromatic rings. The van der Waals surface area contributed by atoms with E-state index in [-0.39, 0.29) is 0 Å². The Morgan fingerprint density at radius 2 is 2.00 bits per heavy atom. The first-order valence-electron chi connectivity index (χ1n) is 7.31. The topological polar surface area (TPSA) is 39.1 Å². The van der Waals surface area contributed by atoms with Crippen LogP contribution in [0.15, 0.2) is 36.7 Å². The molecule has 108 valence electrons. The van der Waals surface area contributed by atoms with Gasteiger partial charge in [0.2, 0.25) is 0 Å². The summed E-state index contributed by atoms with van der Waals surface area (Å²) in [5, 5.41) is 7.75. The number of ether oxygens (including phenoxy) is 1. The van der Waals surface area contributed by atoms with Crippen molar-refractivity contribution in [2.45, 2.75) is 26.7 Å². The number of rotatable bonds is 8. The average molecular weight is 273 g/mol. The number of aryl methyl sites for hydroxylation is 1. The van der Waals surface area contributed by atoms with Crippen LogP contribution in [0.25, 0.3) is 5.69 Å². The molecule has 0 radical (unpaired) electrons. The first-order valence-corrected chi connectivity index (χ1v) is 7.31. The molecule has 0 spiro atoms. The van der Waals surface area contributed by atoms with Crippen LogP contribution in [0, 0.1) is 0 Å². The summed E-state index contributed by atoms with van der Waals surface area (Å²) in [4.78, 5) is 0. The maximum absolute atomic E-state index is 5.44. The fourth-order valence-electron chi connectivity index (χ4n) is 2.09. The number of benzene rings is 1. The van der Waals surface area contributed by atoms with Crippen molar-refractivity contribution < 1.29 is 4.74 Å². The van der Waals surface area contributed by atoms with Gasteiger partial charge in [-0.2, -0.15) is 5.10 Å². The van der Waals surface area contributed by atoms with Gasteiger partial charge >= 0.3 is 0 Å². The lowest BCUT2D eigenvalue weighted by molar-refractivity contribution is 0.340. The molecule has 2 rings (SSSR count). The summed E-state index contributed by atoms with van der Waals surface area (Å²) in [7, 11) is 0. The molecule has 0 aliphatic rings. The van der Waals surface area contributed by atoms with Crippen LogP contribution in [0.4, 0.5) is 0 Å². The van der Waals surface area contributed by atoms with Gasteiger partial charge in [0.15, 0.2) is 0 Å². The van der Waals surface area contributed by atoms with Crippen LogP contribution in [-0.4, -0.2) is 29.5 Å². The van der Waals surface area contributed by atoms with Crippen molar-refractivity contribution in [2.75, 3.05) is 19.7 Å². The van der Waals surface area contributed by atoms with Gasteiger partial charge in [0, 0.05) is 6.20 Å². The number of hydrogen-bond donors (Lipinski definition) is 1. The summed E-state index contributed by atoms with van der Waals surface area (Å²) in [5.41, 5.74) is 2.34. The third-order valence-electron chi connectivity index (χ3n) is 3.12. The fraction of sp³-hybridized carbons (Fsp3) is 0.438. The molecule has 0 unspecified atom stereocenters. The SMILES string of the molecule is CCNCCCc1cnn(-c2ccc(OCC)cc2)c1. The molecule has 0 aliphatic heterocycles. The lowest BCUT2D eigenvalue weighted by Gasteiger charge is -2.04. The first kappa shape index (κ1) is 14.6. The van der Waals surface area contributed by atoms with Crippen molar-refractivity contribution >= 4 is 0 Å². The number of nitrogens with zero attached hydrogens (tertiary/aromatic N) is 2. The molecule has 1 N–H and O–H groups in total. The minimum absolute atomic E-state index is 0.692. The van der Waals surface area contributed by atoms with Crippen LogP contribution in [0.2, 0.25) is 0 Å². The molecule has 0 aliphatic carbocycles. The summed E-state index contributed by atoms with van der Waals surface area (Å²) >= 11 is 0. The van der Waals surface area contributed by atoms with E-state index in [9.17, 15) is 0 Å². The van der Waals surface area contributed by atoms with E-state index >= 15 is 0 Å². The summed E-state index contributed by atoms with van der Waals surface area (Å²) < 4.78 is 7.36. The van der Waals surface area contributed by atoms with E-state index in [1.807, 2.05) is 42.1 Å². The Bertz CT molecular complexity index is 505. The summed E-state index contributed by atoms with van der Waals surface area (Å²) in [6, 6.07) is 8.01. The Labute approximate surface area is 120 Å². The molecule has 0 saturated heterocycles. The molecule has 4 heteroatoms. The van der Waals surface area contributed by atoms with Gasteiger partial charge in [-0.3, -0.25) is 0 Å². The molecular weight excluding hydrogens is 250 g/mol. The van der Waals surface area contributed by atoms with Crippen LogP contribution < -0.4 is 10.1 Å².